The fourth-order valence-corrected chi connectivity index (χ4v) is 3.40. The number of rotatable bonds is 5. The van der Waals surface area contributed by atoms with E-state index in [1.54, 1.807) is 6.20 Å². The standard InChI is InChI=1S/C14H23N3O2S/c1-10-5-3-4-6-12(10)16-13(19)9-20-14-15-7-11(8-18)17(14)2/h7,10,12,18H,3-6,8-9H2,1-2H3,(H,16,19). The number of nitrogens with one attached hydrogen (secondary N) is 1. The van der Waals surface area contributed by atoms with Gasteiger partial charge >= 0.3 is 0 Å². The van der Waals surface area contributed by atoms with Gasteiger partial charge in [0.15, 0.2) is 5.16 Å². The molecule has 20 heavy (non-hydrogen) atoms. The van der Waals surface area contributed by atoms with Crippen LogP contribution < -0.4 is 5.32 Å². The van der Waals surface area contributed by atoms with E-state index in [1.165, 1.54) is 31.0 Å². The van der Waals surface area contributed by atoms with Crippen LogP contribution in [0.3, 0.4) is 0 Å². The van der Waals surface area contributed by atoms with E-state index >= 15 is 0 Å². The summed E-state index contributed by atoms with van der Waals surface area (Å²) in [5.41, 5.74) is 0.758. The van der Waals surface area contributed by atoms with Gasteiger partial charge in [-0.05, 0) is 18.8 Å². The summed E-state index contributed by atoms with van der Waals surface area (Å²) >= 11 is 1.41. The number of aliphatic hydroxyl groups is 1. The number of carbonyl (C=O) groups is 1. The van der Waals surface area contributed by atoms with Crippen molar-refractivity contribution in [3.05, 3.63) is 11.9 Å². The number of nitrogens with zero attached hydrogens (tertiary/aromatic N) is 2. The summed E-state index contributed by atoms with van der Waals surface area (Å²) in [6.07, 6.45) is 6.43. The third-order valence-electron chi connectivity index (χ3n) is 3.99. The summed E-state index contributed by atoms with van der Waals surface area (Å²) in [5.74, 6) is 1.02. The molecule has 1 fully saturated rings. The first-order valence-corrected chi connectivity index (χ1v) is 8.14. The van der Waals surface area contributed by atoms with Gasteiger partial charge in [0.1, 0.15) is 0 Å². The molecule has 1 amide bonds. The molecule has 1 aliphatic carbocycles. The van der Waals surface area contributed by atoms with Crippen LogP contribution in [-0.4, -0.2) is 32.4 Å². The lowest BCUT2D eigenvalue weighted by molar-refractivity contribution is -0.119. The predicted octanol–water partition coefficient (Wildman–Crippen LogP) is 1.70. The number of thioether (sulfide) groups is 1. The molecule has 0 saturated heterocycles. The lowest BCUT2D eigenvalue weighted by Gasteiger charge is -2.29. The zero-order chi connectivity index (χ0) is 14.5. The smallest absolute Gasteiger partial charge is 0.230 e. The van der Waals surface area contributed by atoms with Crippen LogP contribution in [0.1, 0.15) is 38.3 Å². The van der Waals surface area contributed by atoms with E-state index in [0.29, 0.717) is 17.7 Å². The minimum Gasteiger partial charge on any atom is -0.390 e. The van der Waals surface area contributed by atoms with Crippen molar-refractivity contribution in [1.29, 1.82) is 0 Å². The molecule has 2 atom stereocenters. The Hall–Kier alpha value is -1.01. The number of aromatic nitrogens is 2. The number of carbonyl (C=O) groups excluding carboxylic acids is 1. The van der Waals surface area contributed by atoms with Gasteiger partial charge in [-0.1, -0.05) is 31.5 Å². The van der Waals surface area contributed by atoms with E-state index in [0.717, 1.165) is 17.3 Å². The fourth-order valence-electron chi connectivity index (χ4n) is 2.62. The highest BCUT2D eigenvalue weighted by molar-refractivity contribution is 7.99. The van der Waals surface area contributed by atoms with Crippen molar-refractivity contribution in [2.24, 2.45) is 13.0 Å². The van der Waals surface area contributed by atoms with E-state index in [1.807, 2.05) is 11.6 Å². The lowest BCUT2D eigenvalue weighted by atomic mass is 9.86. The molecule has 0 aliphatic heterocycles. The van der Waals surface area contributed by atoms with Gasteiger partial charge in [-0.3, -0.25) is 4.79 Å². The minimum atomic E-state index is -0.0319. The number of hydrogen-bond donors (Lipinski definition) is 2. The fraction of sp³-hybridized carbons (Fsp3) is 0.714. The van der Waals surface area contributed by atoms with Gasteiger partial charge in [-0.15, -0.1) is 0 Å². The maximum absolute atomic E-state index is 12.0. The Bertz CT molecular complexity index is 461. The van der Waals surface area contributed by atoms with Crippen LogP contribution in [0.25, 0.3) is 0 Å². The highest BCUT2D eigenvalue weighted by Gasteiger charge is 2.22. The van der Waals surface area contributed by atoms with E-state index in [9.17, 15) is 4.79 Å². The molecule has 0 aromatic carbocycles. The van der Waals surface area contributed by atoms with Crippen molar-refractivity contribution in [1.82, 2.24) is 14.9 Å². The monoisotopic (exact) mass is 297 g/mol. The zero-order valence-corrected chi connectivity index (χ0v) is 12.9. The van der Waals surface area contributed by atoms with Gasteiger partial charge in [0.25, 0.3) is 0 Å². The van der Waals surface area contributed by atoms with Crippen LogP contribution >= 0.6 is 11.8 Å². The number of amides is 1. The van der Waals surface area contributed by atoms with E-state index in [2.05, 4.69) is 17.2 Å². The van der Waals surface area contributed by atoms with Crippen molar-refractivity contribution in [3.63, 3.8) is 0 Å². The molecule has 1 heterocycles. The van der Waals surface area contributed by atoms with Crippen molar-refractivity contribution in [3.8, 4) is 0 Å². The Morgan fingerprint density at radius 1 is 1.55 bits per heavy atom. The third kappa shape index (κ3) is 3.76. The molecule has 5 nitrogen and oxygen atoms in total. The van der Waals surface area contributed by atoms with Crippen LogP contribution in [0.2, 0.25) is 0 Å². The van der Waals surface area contributed by atoms with E-state index in [4.69, 9.17) is 5.11 Å². The van der Waals surface area contributed by atoms with Crippen molar-refractivity contribution in [2.75, 3.05) is 5.75 Å². The predicted molar refractivity (Wildman–Crippen MR) is 79.4 cm³/mol. The zero-order valence-electron chi connectivity index (χ0n) is 12.1. The van der Waals surface area contributed by atoms with Gasteiger partial charge in [0.05, 0.1) is 24.3 Å². The average Bonchev–Trinajstić information content (AvgIpc) is 2.79. The Balaban J connectivity index is 1.81. The van der Waals surface area contributed by atoms with Gasteiger partial charge in [0, 0.05) is 13.1 Å². The molecule has 1 aromatic heterocycles. The summed E-state index contributed by atoms with van der Waals surface area (Å²) in [7, 11) is 1.85. The van der Waals surface area contributed by atoms with Gasteiger partial charge < -0.3 is 15.0 Å². The van der Waals surface area contributed by atoms with Crippen LogP contribution in [0.4, 0.5) is 0 Å². The second-order valence-electron chi connectivity index (χ2n) is 5.47. The lowest BCUT2D eigenvalue weighted by Crippen LogP contribution is -2.41. The van der Waals surface area contributed by atoms with Crippen LogP contribution in [0.5, 0.6) is 0 Å². The molecule has 2 rings (SSSR count). The normalized spacial score (nSPS) is 22.8. The second-order valence-corrected chi connectivity index (χ2v) is 6.42. The molecule has 0 radical (unpaired) electrons. The van der Waals surface area contributed by atoms with Crippen molar-refractivity contribution >= 4 is 17.7 Å². The van der Waals surface area contributed by atoms with Crippen molar-refractivity contribution < 1.29 is 9.90 Å². The summed E-state index contributed by atoms with van der Waals surface area (Å²) in [5, 5.41) is 13.0. The molecule has 1 aliphatic rings. The SMILES string of the molecule is CC1CCCCC1NC(=O)CSc1ncc(CO)n1C. The Morgan fingerprint density at radius 3 is 2.95 bits per heavy atom. The Morgan fingerprint density at radius 2 is 2.30 bits per heavy atom. The number of hydrogen-bond acceptors (Lipinski definition) is 4. The molecule has 0 spiro atoms. The van der Waals surface area contributed by atoms with Crippen molar-refractivity contribution in [2.45, 2.75) is 50.4 Å². The second kappa shape index (κ2) is 7.13. The summed E-state index contributed by atoms with van der Waals surface area (Å²) in [6.45, 7) is 2.18. The first kappa shape index (κ1) is 15.4. The first-order chi connectivity index (χ1) is 9.61. The van der Waals surface area contributed by atoms with Gasteiger partial charge in [-0.2, -0.15) is 0 Å². The quantitative estimate of drug-likeness (QED) is 0.812. The summed E-state index contributed by atoms with van der Waals surface area (Å²) < 4.78 is 1.82. The van der Waals surface area contributed by atoms with E-state index < -0.39 is 0 Å². The maximum atomic E-state index is 12.0. The van der Waals surface area contributed by atoms with Crippen LogP contribution in [0.15, 0.2) is 11.4 Å². The van der Waals surface area contributed by atoms with Gasteiger partial charge in [-0.25, -0.2) is 4.98 Å². The van der Waals surface area contributed by atoms with Gasteiger partial charge in [0.2, 0.25) is 5.91 Å². The molecule has 1 aromatic rings. The molecule has 2 unspecified atom stereocenters. The highest BCUT2D eigenvalue weighted by atomic mass is 32.2. The molecular weight excluding hydrogens is 274 g/mol. The largest absolute Gasteiger partial charge is 0.390 e. The molecule has 2 N–H and O–H groups in total. The topological polar surface area (TPSA) is 67.2 Å². The number of imidazole rings is 1. The first-order valence-electron chi connectivity index (χ1n) is 7.15. The molecule has 112 valence electrons. The van der Waals surface area contributed by atoms with Crippen LogP contribution in [-0.2, 0) is 18.4 Å². The van der Waals surface area contributed by atoms with Crippen LogP contribution in [0, 0.1) is 5.92 Å². The molecule has 6 heteroatoms. The summed E-state index contributed by atoms with van der Waals surface area (Å²) in [6, 6.07) is 0.325. The Labute approximate surface area is 124 Å². The highest BCUT2D eigenvalue weighted by Crippen LogP contribution is 2.24. The third-order valence-corrected chi connectivity index (χ3v) is 5.04. The number of aliphatic hydroxyl groups excluding tert-OH is 1. The molecule has 0 bridgehead atoms. The van der Waals surface area contributed by atoms with E-state index in [-0.39, 0.29) is 12.5 Å². The molecular formula is C14H23N3O2S. The Kier molecular flexibility index (Phi) is 5.48. The minimum absolute atomic E-state index is 0.0319. The average molecular weight is 297 g/mol. The molecule has 1 saturated carbocycles. The maximum Gasteiger partial charge on any atom is 0.230 e. The summed E-state index contributed by atoms with van der Waals surface area (Å²) in [4.78, 5) is 16.2.